The molecule has 1 nitrogen and oxygen atoms in total. The summed E-state index contributed by atoms with van der Waals surface area (Å²) in [5.41, 5.74) is 0.828. The van der Waals surface area contributed by atoms with Gasteiger partial charge < -0.3 is 5.32 Å². The van der Waals surface area contributed by atoms with E-state index in [-0.39, 0.29) is 5.82 Å². The van der Waals surface area contributed by atoms with E-state index in [1.165, 1.54) is 4.88 Å². The van der Waals surface area contributed by atoms with Crippen LogP contribution in [-0.2, 0) is 12.8 Å². The lowest BCUT2D eigenvalue weighted by Crippen LogP contribution is -2.21. The summed E-state index contributed by atoms with van der Waals surface area (Å²) in [6, 6.07) is 11.4. The van der Waals surface area contributed by atoms with Crippen molar-refractivity contribution in [3.63, 3.8) is 0 Å². The van der Waals surface area contributed by atoms with E-state index in [1.807, 2.05) is 19.2 Å². The van der Waals surface area contributed by atoms with Gasteiger partial charge in [-0.05, 0) is 61.8 Å². The summed E-state index contributed by atoms with van der Waals surface area (Å²) in [4.78, 5) is 1.41. The van der Waals surface area contributed by atoms with E-state index in [4.69, 9.17) is 0 Å². The van der Waals surface area contributed by atoms with Crippen LogP contribution in [0.1, 0.15) is 16.9 Å². The number of nitrogens with one attached hydrogen (secondary N) is 1. The molecule has 3 heteroatoms. The molecule has 2 aromatic rings. The zero-order valence-corrected chi connectivity index (χ0v) is 12.0. The first-order valence-corrected chi connectivity index (χ1v) is 7.58. The van der Waals surface area contributed by atoms with Crippen LogP contribution in [0.3, 0.4) is 0 Å². The highest BCUT2D eigenvalue weighted by Crippen LogP contribution is 2.19. The summed E-state index contributed by atoms with van der Waals surface area (Å²) in [6.45, 7) is 0.930. The van der Waals surface area contributed by atoms with Gasteiger partial charge in [-0.25, -0.2) is 4.39 Å². The maximum Gasteiger partial charge on any atom is 0.126 e. The molecule has 1 aromatic heterocycles. The van der Waals surface area contributed by atoms with E-state index >= 15 is 0 Å². The van der Waals surface area contributed by atoms with Gasteiger partial charge in [0.15, 0.2) is 0 Å². The van der Waals surface area contributed by atoms with Crippen molar-refractivity contribution in [2.45, 2.75) is 19.3 Å². The second-order valence-electron chi connectivity index (χ2n) is 4.84. The lowest BCUT2D eigenvalue weighted by Gasteiger charge is -2.16. The molecule has 0 fully saturated rings. The van der Waals surface area contributed by atoms with Crippen molar-refractivity contribution in [3.05, 3.63) is 58.0 Å². The molecular weight excluding hydrogens is 257 g/mol. The van der Waals surface area contributed by atoms with Gasteiger partial charge in [-0.3, -0.25) is 0 Å². The van der Waals surface area contributed by atoms with Crippen molar-refractivity contribution in [1.29, 1.82) is 0 Å². The molecule has 19 heavy (non-hydrogen) atoms. The molecule has 0 aliphatic carbocycles. The van der Waals surface area contributed by atoms with E-state index in [2.05, 4.69) is 22.8 Å². The predicted octanol–water partition coefficient (Wildman–Crippen LogP) is 3.90. The first kappa shape index (κ1) is 14.2. The Kier molecular flexibility index (Phi) is 5.55. The molecule has 1 heterocycles. The van der Waals surface area contributed by atoms with Crippen molar-refractivity contribution >= 4 is 11.3 Å². The average Bonchev–Trinajstić information content (AvgIpc) is 2.92. The Balaban J connectivity index is 1.94. The molecule has 1 N–H and O–H groups in total. The zero-order valence-electron chi connectivity index (χ0n) is 11.2. The molecule has 102 valence electrons. The highest BCUT2D eigenvalue weighted by atomic mass is 32.1. The standard InChI is InChI=1S/C16H20FNS/c1-18-12-13(8-9-15-6-4-10-19-15)11-14-5-2-3-7-16(14)17/h2-7,10,13,18H,8-9,11-12H2,1H3. The van der Waals surface area contributed by atoms with Crippen LogP contribution in [-0.4, -0.2) is 13.6 Å². The third kappa shape index (κ3) is 4.44. The van der Waals surface area contributed by atoms with Gasteiger partial charge in [0.25, 0.3) is 0 Å². The van der Waals surface area contributed by atoms with Gasteiger partial charge in [-0.1, -0.05) is 24.3 Å². The fraction of sp³-hybridized carbons (Fsp3) is 0.375. The number of rotatable bonds is 7. The fourth-order valence-corrected chi connectivity index (χ4v) is 3.07. The minimum absolute atomic E-state index is 0.0836. The molecular formula is C16H20FNS. The lowest BCUT2D eigenvalue weighted by molar-refractivity contribution is 0.453. The van der Waals surface area contributed by atoms with Crippen LogP contribution in [0.2, 0.25) is 0 Å². The lowest BCUT2D eigenvalue weighted by atomic mass is 9.94. The number of hydrogen-bond donors (Lipinski definition) is 1. The van der Waals surface area contributed by atoms with Gasteiger partial charge in [-0.2, -0.15) is 0 Å². The summed E-state index contributed by atoms with van der Waals surface area (Å²) in [7, 11) is 1.96. The van der Waals surface area contributed by atoms with Gasteiger partial charge in [0.2, 0.25) is 0 Å². The number of thiophene rings is 1. The van der Waals surface area contributed by atoms with Crippen LogP contribution in [0.15, 0.2) is 41.8 Å². The van der Waals surface area contributed by atoms with Gasteiger partial charge >= 0.3 is 0 Å². The first-order valence-electron chi connectivity index (χ1n) is 6.70. The SMILES string of the molecule is CNCC(CCc1cccs1)Cc1ccccc1F. The second kappa shape index (κ2) is 7.41. The molecule has 0 aliphatic heterocycles. The van der Waals surface area contributed by atoms with Gasteiger partial charge in [0, 0.05) is 4.88 Å². The van der Waals surface area contributed by atoms with Crippen molar-refractivity contribution < 1.29 is 4.39 Å². The average molecular weight is 277 g/mol. The minimum Gasteiger partial charge on any atom is -0.319 e. The van der Waals surface area contributed by atoms with Crippen LogP contribution in [0.4, 0.5) is 4.39 Å². The molecule has 0 saturated heterocycles. The van der Waals surface area contributed by atoms with Crippen molar-refractivity contribution in [3.8, 4) is 0 Å². The van der Waals surface area contributed by atoms with Crippen LogP contribution in [0, 0.1) is 11.7 Å². The highest BCUT2D eigenvalue weighted by Gasteiger charge is 2.12. The van der Waals surface area contributed by atoms with Crippen molar-refractivity contribution in [2.24, 2.45) is 5.92 Å². The molecule has 2 rings (SSSR count). The third-order valence-corrected chi connectivity index (χ3v) is 4.27. The number of hydrogen-bond acceptors (Lipinski definition) is 2. The minimum atomic E-state index is -0.0836. The Labute approximate surface area is 118 Å². The van der Waals surface area contributed by atoms with Crippen molar-refractivity contribution in [2.75, 3.05) is 13.6 Å². The van der Waals surface area contributed by atoms with E-state index < -0.39 is 0 Å². The van der Waals surface area contributed by atoms with Crippen molar-refractivity contribution in [1.82, 2.24) is 5.32 Å². The predicted molar refractivity (Wildman–Crippen MR) is 80.2 cm³/mol. The van der Waals surface area contributed by atoms with Gasteiger partial charge in [0.05, 0.1) is 0 Å². The smallest absolute Gasteiger partial charge is 0.126 e. The Bertz CT molecular complexity index is 481. The molecule has 0 spiro atoms. The molecule has 0 saturated carbocycles. The Morgan fingerprint density at radius 2 is 2.05 bits per heavy atom. The molecule has 0 aliphatic rings. The largest absolute Gasteiger partial charge is 0.319 e. The first-order chi connectivity index (χ1) is 9.29. The van der Waals surface area contributed by atoms with Crippen LogP contribution in [0.25, 0.3) is 0 Å². The number of aryl methyl sites for hydroxylation is 1. The van der Waals surface area contributed by atoms with Crippen LogP contribution >= 0.6 is 11.3 Å². The van der Waals surface area contributed by atoms with E-state index in [9.17, 15) is 4.39 Å². The summed E-state index contributed by atoms with van der Waals surface area (Å²) >= 11 is 1.80. The Hall–Kier alpha value is -1.19. The topological polar surface area (TPSA) is 12.0 Å². The third-order valence-electron chi connectivity index (χ3n) is 3.34. The molecule has 1 unspecified atom stereocenters. The summed E-state index contributed by atoms with van der Waals surface area (Å²) < 4.78 is 13.7. The highest BCUT2D eigenvalue weighted by molar-refractivity contribution is 7.09. The molecule has 0 bridgehead atoms. The Morgan fingerprint density at radius 3 is 2.74 bits per heavy atom. The van der Waals surface area contributed by atoms with Crippen LogP contribution < -0.4 is 5.32 Å². The fourth-order valence-electron chi connectivity index (χ4n) is 2.34. The van der Waals surface area contributed by atoms with E-state index in [0.29, 0.717) is 5.92 Å². The molecule has 1 aromatic carbocycles. The maximum atomic E-state index is 13.7. The monoisotopic (exact) mass is 277 g/mol. The van der Waals surface area contributed by atoms with E-state index in [1.54, 1.807) is 23.5 Å². The molecule has 0 radical (unpaired) electrons. The summed E-state index contributed by atoms with van der Waals surface area (Å²) in [5.74, 6) is 0.392. The number of halogens is 1. The summed E-state index contributed by atoms with van der Waals surface area (Å²) in [5, 5.41) is 5.33. The number of benzene rings is 1. The van der Waals surface area contributed by atoms with Crippen LogP contribution in [0.5, 0.6) is 0 Å². The van der Waals surface area contributed by atoms with Gasteiger partial charge in [-0.15, -0.1) is 11.3 Å². The molecule has 0 amide bonds. The normalized spacial score (nSPS) is 12.5. The Morgan fingerprint density at radius 1 is 1.21 bits per heavy atom. The zero-order chi connectivity index (χ0) is 13.5. The molecule has 1 atom stereocenters. The summed E-state index contributed by atoms with van der Waals surface area (Å²) in [6.07, 6.45) is 2.98. The second-order valence-corrected chi connectivity index (χ2v) is 5.87. The van der Waals surface area contributed by atoms with Gasteiger partial charge in [0.1, 0.15) is 5.82 Å². The van der Waals surface area contributed by atoms with E-state index in [0.717, 1.165) is 31.4 Å². The quantitative estimate of drug-likeness (QED) is 0.809. The maximum absolute atomic E-state index is 13.7.